The summed E-state index contributed by atoms with van der Waals surface area (Å²) >= 11 is 0. The molecule has 6 heteroatoms. The number of ether oxygens (including phenoxy) is 1. The second-order valence-corrected chi connectivity index (χ2v) is 6.32. The predicted molar refractivity (Wildman–Crippen MR) is 97.9 cm³/mol. The fraction of sp³-hybridized carbons (Fsp3) is 0.182. The van der Waals surface area contributed by atoms with Gasteiger partial charge in [-0.3, -0.25) is 0 Å². The highest BCUT2D eigenvalue weighted by atomic mass is 19.3. The smallest absolute Gasteiger partial charge is 0.429 e. The summed E-state index contributed by atoms with van der Waals surface area (Å²) in [5.74, 6) is -3.50. The van der Waals surface area contributed by atoms with E-state index in [1.807, 2.05) is 19.1 Å². The van der Waals surface area contributed by atoms with Crippen LogP contribution in [0.2, 0.25) is 0 Å². The lowest BCUT2D eigenvalue weighted by atomic mass is 10.1. The third-order valence-corrected chi connectivity index (χ3v) is 4.28. The molecule has 0 fully saturated rings. The van der Waals surface area contributed by atoms with Gasteiger partial charge >= 0.3 is 6.11 Å². The number of hydrogen-bond donors (Lipinski definition) is 0. The van der Waals surface area contributed by atoms with E-state index >= 15 is 0 Å². The van der Waals surface area contributed by atoms with Crippen LogP contribution >= 0.6 is 0 Å². The average Bonchev–Trinajstić information content (AvgIpc) is 2.63. The SMILES string of the molecule is C/C=C/CCc1ccc(C(F)(F)Oc2ccc3cc(F)c(F)cc3c2)c(F)c1. The quantitative estimate of drug-likeness (QED) is 0.328. The van der Waals surface area contributed by atoms with Crippen molar-refractivity contribution in [1.82, 2.24) is 0 Å². The van der Waals surface area contributed by atoms with Crippen LogP contribution < -0.4 is 4.74 Å². The number of aryl methyl sites for hydroxylation is 1. The average molecular weight is 392 g/mol. The summed E-state index contributed by atoms with van der Waals surface area (Å²) in [6.07, 6.45) is 1.03. The maximum absolute atomic E-state index is 14.5. The molecule has 0 unspecified atom stereocenters. The summed E-state index contributed by atoms with van der Waals surface area (Å²) in [7, 11) is 0. The van der Waals surface area contributed by atoms with Crippen LogP contribution in [0.25, 0.3) is 10.8 Å². The summed E-state index contributed by atoms with van der Waals surface area (Å²) < 4.78 is 74.5. The van der Waals surface area contributed by atoms with E-state index < -0.39 is 29.1 Å². The first-order chi connectivity index (χ1) is 13.3. The monoisotopic (exact) mass is 392 g/mol. The molecule has 0 spiro atoms. The Hall–Kier alpha value is -2.89. The maximum Gasteiger partial charge on any atom is 0.429 e. The molecule has 0 amide bonds. The number of fused-ring (bicyclic) bond motifs is 1. The van der Waals surface area contributed by atoms with Crippen LogP contribution in [0.1, 0.15) is 24.5 Å². The zero-order chi connectivity index (χ0) is 20.3. The zero-order valence-electron chi connectivity index (χ0n) is 15.0. The molecule has 0 N–H and O–H groups in total. The van der Waals surface area contributed by atoms with Crippen molar-refractivity contribution in [2.75, 3.05) is 0 Å². The molecule has 0 saturated heterocycles. The van der Waals surface area contributed by atoms with Crippen molar-refractivity contribution in [3.05, 3.63) is 89.3 Å². The number of allylic oxidation sites excluding steroid dienone is 2. The van der Waals surface area contributed by atoms with E-state index in [2.05, 4.69) is 4.74 Å². The van der Waals surface area contributed by atoms with E-state index in [1.54, 1.807) is 0 Å². The van der Waals surface area contributed by atoms with Crippen LogP contribution in [-0.4, -0.2) is 0 Å². The van der Waals surface area contributed by atoms with Gasteiger partial charge in [0.25, 0.3) is 0 Å². The maximum atomic E-state index is 14.5. The molecule has 28 heavy (non-hydrogen) atoms. The topological polar surface area (TPSA) is 9.23 Å². The molecule has 1 nitrogen and oxygen atoms in total. The Morgan fingerprint density at radius 2 is 1.57 bits per heavy atom. The number of rotatable bonds is 6. The first kappa shape index (κ1) is 19.9. The van der Waals surface area contributed by atoms with E-state index in [0.717, 1.165) is 30.3 Å². The summed E-state index contributed by atoms with van der Waals surface area (Å²) in [5.41, 5.74) is -0.300. The number of benzene rings is 3. The van der Waals surface area contributed by atoms with Gasteiger partial charge in [0.05, 0.1) is 5.56 Å². The largest absolute Gasteiger partial charge is 0.429 e. The van der Waals surface area contributed by atoms with E-state index in [9.17, 15) is 22.0 Å². The first-order valence-corrected chi connectivity index (χ1v) is 8.66. The Bertz CT molecular complexity index is 1030. The van der Waals surface area contributed by atoms with Gasteiger partial charge in [0.15, 0.2) is 11.6 Å². The highest BCUT2D eigenvalue weighted by Gasteiger charge is 2.37. The molecular weight excluding hydrogens is 375 g/mol. The summed E-state index contributed by atoms with van der Waals surface area (Å²) in [5, 5.41) is 0.512. The summed E-state index contributed by atoms with van der Waals surface area (Å²) in [6, 6.07) is 8.99. The first-order valence-electron chi connectivity index (χ1n) is 8.66. The van der Waals surface area contributed by atoms with Gasteiger partial charge in [-0.15, -0.1) is 0 Å². The normalized spacial score (nSPS) is 12.1. The van der Waals surface area contributed by atoms with Gasteiger partial charge < -0.3 is 4.74 Å². The predicted octanol–water partition coefficient (Wildman–Crippen LogP) is 6.89. The van der Waals surface area contributed by atoms with Crippen LogP contribution in [-0.2, 0) is 12.5 Å². The Morgan fingerprint density at radius 1 is 0.857 bits per heavy atom. The molecule has 0 aromatic heterocycles. The fourth-order valence-corrected chi connectivity index (χ4v) is 2.85. The van der Waals surface area contributed by atoms with Crippen molar-refractivity contribution in [2.45, 2.75) is 25.9 Å². The van der Waals surface area contributed by atoms with Gasteiger partial charge in [-0.2, -0.15) is 8.78 Å². The van der Waals surface area contributed by atoms with Crippen molar-refractivity contribution in [3.63, 3.8) is 0 Å². The molecule has 0 heterocycles. The molecule has 3 aromatic rings. The van der Waals surface area contributed by atoms with E-state index in [4.69, 9.17) is 0 Å². The number of alkyl halides is 2. The standard InChI is InChI=1S/C22H17F5O/c1-2-3-4-5-14-6-9-18(19(23)10-14)22(26,27)28-17-8-7-15-12-20(24)21(25)13-16(15)11-17/h2-3,6-13H,4-5H2,1H3/b3-2+. The zero-order valence-corrected chi connectivity index (χ0v) is 15.0. The molecule has 0 aliphatic carbocycles. The molecule has 0 radical (unpaired) electrons. The van der Waals surface area contributed by atoms with Crippen LogP contribution in [0.5, 0.6) is 5.75 Å². The van der Waals surface area contributed by atoms with E-state index in [-0.39, 0.29) is 11.1 Å². The Labute approximate surface area is 159 Å². The number of halogens is 5. The lowest BCUT2D eigenvalue weighted by Crippen LogP contribution is -2.23. The highest BCUT2D eigenvalue weighted by Crippen LogP contribution is 2.35. The molecule has 0 aliphatic heterocycles. The highest BCUT2D eigenvalue weighted by molar-refractivity contribution is 5.84. The minimum Gasteiger partial charge on any atom is -0.429 e. The van der Waals surface area contributed by atoms with E-state index in [0.29, 0.717) is 23.8 Å². The molecule has 0 saturated carbocycles. The Kier molecular flexibility index (Phi) is 5.68. The van der Waals surface area contributed by atoms with E-state index in [1.165, 1.54) is 18.2 Å². The van der Waals surface area contributed by atoms with Crippen molar-refractivity contribution in [2.24, 2.45) is 0 Å². The van der Waals surface area contributed by atoms with Crippen LogP contribution in [0.3, 0.4) is 0 Å². The van der Waals surface area contributed by atoms with Gasteiger partial charge in [-0.1, -0.05) is 24.3 Å². The minimum absolute atomic E-state index is 0.187. The summed E-state index contributed by atoms with van der Waals surface area (Å²) in [6.45, 7) is 1.86. The minimum atomic E-state index is -3.93. The molecular formula is C22H17F5O. The van der Waals surface area contributed by atoms with Gasteiger partial charge in [-0.25, -0.2) is 13.2 Å². The van der Waals surface area contributed by atoms with Crippen LogP contribution in [0, 0.1) is 17.5 Å². The van der Waals surface area contributed by atoms with Crippen molar-refractivity contribution >= 4 is 10.8 Å². The molecule has 0 aliphatic rings. The molecule has 3 aromatic carbocycles. The van der Waals surface area contributed by atoms with Crippen LogP contribution in [0.15, 0.2) is 60.7 Å². The molecule has 3 rings (SSSR count). The van der Waals surface area contributed by atoms with Gasteiger partial charge in [0.1, 0.15) is 11.6 Å². The van der Waals surface area contributed by atoms with Gasteiger partial charge in [0.2, 0.25) is 0 Å². The Balaban J connectivity index is 1.84. The van der Waals surface area contributed by atoms with Gasteiger partial charge in [-0.05, 0) is 72.5 Å². The van der Waals surface area contributed by atoms with Crippen molar-refractivity contribution in [3.8, 4) is 5.75 Å². The number of hydrogen-bond acceptors (Lipinski definition) is 1. The molecule has 0 atom stereocenters. The third kappa shape index (κ3) is 4.32. The molecule has 0 bridgehead atoms. The van der Waals surface area contributed by atoms with Crippen molar-refractivity contribution in [1.29, 1.82) is 0 Å². The van der Waals surface area contributed by atoms with Crippen LogP contribution in [0.4, 0.5) is 22.0 Å². The summed E-state index contributed by atoms with van der Waals surface area (Å²) in [4.78, 5) is 0. The lowest BCUT2D eigenvalue weighted by molar-refractivity contribution is -0.187. The Morgan fingerprint density at radius 3 is 2.25 bits per heavy atom. The second kappa shape index (κ2) is 8.00. The van der Waals surface area contributed by atoms with Gasteiger partial charge in [0, 0.05) is 0 Å². The second-order valence-electron chi connectivity index (χ2n) is 6.32. The molecule has 146 valence electrons. The van der Waals surface area contributed by atoms with Crippen molar-refractivity contribution < 1.29 is 26.7 Å². The fourth-order valence-electron chi connectivity index (χ4n) is 2.85. The lowest BCUT2D eigenvalue weighted by Gasteiger charge is -2.19. The third-order valence-electron chi connectivity index (χ3n) is 4.28.